The predicted octanol–water partition coefficient (Wildman–Crippen LogP) is 1.86. The summed E-state index contributed by atoms with van der Waals surface area (Å²) in [4.78, 5) is 11.7. The van der Waals surface area contributed by atoms with Gasteiger partial charge in [-0.25, -0.2) is 0 Å². The van der Waals surface area contributed by atoms with Crippen molar-refractivity contribution < 1.29 is 4.79 Å². The number of carbonyl (C=O) groups is 1. The van der Waals surface area contributed by atoms with Crippen molar-refractivity contribution in [1.29, 1.82) is 5.41 Å². The second-order valence-corrected chi connectivity index (χ2v) is 4.64. The van der Waals surface area contributed by atoms with E-state index in [1.54, 1.807) is 6.07 Å². The van der Waals surface area contributed by atoms with Crippen molar-refractivity contribution in [2.24, 2.45) is 0 Å². The van der Waals surface area contributed by atoms with E-state index < -0.39 is 0 Å². The Bertz CT molecular complexity index is 687. The Balaban J connectivity index is 2.12. The van der Waals surface area contributed by atoms with Crippen LogP contribution in [0.2, 0.25) is 0 Å². The molecule has 2 aromatic rings. The van der Waals surface area contributed by atoms with Gasteiger partial charge in [-0.15, -0.1) is 0 Å². The molecule has 1 aromatic heterocycles. The number of nitrogen functional groups attached to an aromatic ring is 1. The molecule has 0 saturated carbocycles. The minimum atomic E-state index is -0.0327. The van der Waals surface area contributed by atoms with Crippen molar-refractivity contribution in [3.05, 3.63) is 47.2 Å². The normalized spacial score (nSPS) is 17.1. The van der Waals surface area contributed by atoms with Crippen LogP contribution in [0.3, 0.4) is 0 Å². The Labute approximate surface area is 110 Å². The van der Waals surface area contributed by atoms with Gasteiger partial charge in [-0.1, -0.05) is 0 Å². The molecule has 1 atom stereocenters. The molecular weight excluding hydrogens is 240 g/mol. The third-order valence-electron chi connectivity index (χ3n) is 3.49. The number of hydrogen-bond acceptors (Lipinski definition) is 3. The number of nitrogens with two attached hydrogens (primary N) is 1. The molecule has 0 saturated heterocycles. The number of benzene rings is 1. The van der Waals surface area contributed by atoms with Crippen molar-refractivity contribution in [3.8, 4) is 5.69 Å². The van der Waals surface area contributed by atoms with Gasteiger partial charge in [0.2, 0.25) is 0 Å². The van der Waals surface area contributed by atoms with Crippen molar-refractivity contribution in [3.63, 3.8) is 0 Å². The highest BCUT2D eigenvalue weighted by atomic mass is 16.2. The first-order valence-electron chi connectivity index (χ1n) is 6.04. The summed E-state index contributed by atoms with van der Waals surface area (Å²) in [5, 5.41) is 10.1. The summed E-state index contributed by atoms with van der Waals surface area (Å²) in [6.07, 6.45) is 3.05. The summed E-state index contributed by atoms with van der Waals surface area (Å²) in [7, 11) is 0. The number of amides is 1. The number of anilines is 1. The quantitative estimate of drug-likeness (QED) is 0.715. The monoisotopic (exact) mass is 254 g/mol. The maximum atomic E-state index is 11.7. The third-order valence-corrected chi connectivity index (χ3v) is 3.49. The largest absolute Gasteiger partial charge is 0.384 e. The van der Waals surface area contributed by atoms with Crippen molar-refractivity contribution in [2.45, 2.75) is 13.0 Å². The molecule has 19 heavy (non-hydrogen) atoms. The Morgan fingerprint density at radius 3 is 2.89 bits per heavy atom. The van der Waals surface area contributed by atoms with Crippen LogP contribution in [0.5, 0.6) is 0 Å². The first-order chi connectivity index (χ1) is 9.11. The molecule has 96 valence electrons. The van der Waals surface area contributed by atoms with Gasteiger partial charge in [0.15, 0.2) is 0 Å². The Morgan fingerprint density at radius 1 is 1.42 bits per heavy atom. The van der Waals surface area contributed by atoms with E-state index in [2.05, 4.69) is 5.32 Å². The zero-order valence-corrected chi connectivity index (χ0v) is 10.5. The molecule has 0 fully saturated rings. The third kappa shape index (κ3) is 1.62. The Kier molecular flexibility index (Phi) is 2.41. The number of aromatic nitrogens is 1. The van der Waals surface area contributed by atoms with E-state index in [0.717, 1.165) is 11.3 Å². The van der Waals surface area contributed by atoms with E-state index in [4.69, 9.17) is 11.1 Å². The zero-order valence-electron chi connectivity index (χ0n) is 10.5. The maximum absolute atomic E-state index is 11.7. The number of hydrogen-bond donors (Lipinski definition) is 3. The lowest BCUT2D eigenvalue weighted by molar-refractivity contribution is 0.0958. The van der Waals surface area contributed by atoms with Gasteiger partial charge in [-0.05, 0) is 36.8 Å². The van der Waals surface area contributed by atoms with Crippen molar-refractivity contribution >= 4 is 17.9 Å². The van der Waals surface area contributed by atoms with Gasteiger partial charge in [0, 0.05) is 29.2 Å². The standard InChI is InChI=1S/C14H14N4O/c1-8-12-6-10(2-3-11(12)14(19)17-8)18-5-4-9(7-15)13(18)16/h2-8,15H,16H2,1H3,(H,17,19). The maximum Gasteiger partial charge on any atom is 0.252 e. The Hall–Kier alpha value is -2.56. The van der Waals surface area contributed by atoms with Crippen LogP contribution < -0.4 is 11.1 Å². The highest BCUT2D eigenvalue weighted by Gasteiger charge is 2.25. The van der Waals surface area contributed by atoms with Crippen LogP contribution in [0, 0.1) is 5.41 Å². The summed E-state index contributed by atoms with van der Waals surface area (Å²) in [5.41, 5.74) is 9.26. The lowest BCUT2D eigenvalue weighted by atomic mass is 10.0. The van der Waals surface area contributed by atoms with E-state index in [-0.39, 0.29) is 11.9 Å². The van der Waals surface area contributed by atoms with Crippen molar-refractivity contribution in [1.82, 2.24) is 9.88 Å². The summed E-state index contributed by atoms with van der Waals surface area (Å²) in [6.45, 7) is 1.95. The molecule has 1 unspecified atom stereocenters. The number of nitrogens with one attached hydrogen (secondary N) is 2. The zero-order chi connectivity index (χ0) is 13.6. The summed E-state index contributed by atoms with van der Waals surface area (Å²) < 4.78 is 1.82. The van der Waals surface area contributed by atoms with Crippen LogP contribution in [0.1, 0.15) is 34.5 Å². The molecule has 5 nitrogen and oxygen atoms in total. The lowest BCUT2D eigenvalue weighted by Gasteiger charge is -2.09. The molecule has 1 amide bonds. The molecule has 1 aliphatic heterocycles. The van der Waals surface area contributed by atoms with Gasteiger partial charge < -0.3 is 21.0 Å². The number of fused-ring (bicyclic) bond motifs is 1. The van der Waals surface area contributed by atoms with E-state index >= 15 is 0 Å². The molecule has 0 spiro atoms. The highest BCUT2D eigenvalue weighted by molar-refractivity contribution is 5.99. The minimum absolute atomic E-state index is 0.0152. The molecule has 2 heterocycles. The first kappa shape index (κ1) is 11.5. The second kappa shape index (κ2) is 3.98. The molecule has 0 bridgehead atoms. The SMILES string of the molecule is CC1NC(=O)c2ccc(-n3ccc(C=N)c3N)cc21. The van der Waals surface area contributed by atoms with Crippen LogP contribution >= 0.6 is 0 Å². The predicted molar refractivity (Wildman–Crippen MR) is 73.9 cm³/mol. The molecule has 4 N–H and O–H groups in total. The lowest BCUT2D eigenvalue weighted by Crippen LogP contribution is -2.16. The average Bonchev–Trinajstić information content (AvgIpc) is 2.91. The van der Waals surface area contributed by atoms with Gasteiger partial charge >= 0.3 is 0 Å². The van der Waals surface area contributed by atoms with Crippen LogP contribution in [0.25, 0.3) is 5.69 Å². The molecule has 0 aliphatic carbocycles. The fraction of sp³-hybridized carbons (Fsp3) is 0.143. The van der Waals surface area contributed by atoms with E-state index in [9.17, 15) is 4.79 Å². The van der Waals surface area contributed by atoms with Crippen molar-refractivity contribution in [2.75, 3.05) is 5.73 Å². The molecular formula is C14H14N4O. The van der Waals surface area contributed by atoms with Crippen LogP contribution in [0.4, 0.5) is 5.82 Å². The van der Waals surface area contributed by atoms with Gasteiger partial charge in [0.25, 0.3) is 5.91 Å². The van der Waals surface area contributed by atoms with Gasteiger partial charge in [0.05, 0.1) is 6.04 Å². The van der Waals surface area contributed by atoms with E-state index in [0.29, 0.717) is 16.9 Å². The number of rotatable bonds is 2. The topological polar surface area (TPSA) is 83.9 Å². The highest BCUT2D eigenvalue weighted by Crippen LogP contribution is 2.28. The van der Waals surface area contributed by atoms with Gasteiger partial charge in [0.1, 0.15) is 5.82 Å². The fourth-order valence-electron chi connectivity index (χ4n) is 2.42. The van der Waals surface area contributed by atoms with E-state index in [1.807, 2.05) is 35.9 Å². The molecule has 3 rings (SSSR count). The molecule has 1 aliphatic rings. The second-order valence-electron chi connectivity index (χ2n) is 4.64. The Morgan fingerprint density at radius 2 is 2.21 bits per heavy atom. The van der Waals surface area contributed by atoms with Crippen LogP contribution in [0.15, 0.2) is 30.5 Å². The van der Waals surface area contributed by atoms with E-state index in [1.165, 1.54) is 6.21 Å². The number of carbonyl (C=O) groups excluding carboxylic acids is 1. The van der Waals surface area contributed by atoms with Gasteiger partial charge in [-0.2, -0.15) is 0 Å². The molecule has 0 radical (unpaired) electrons. The number of nitrogens with zero attached hydrogens (tertiary/aromatic N) is 1. The summed E-state index contributed by atoms with van der Waals surface area (Å²) in [6, 6.07) is 7.44. The first-order valence-corrected chi connectivity index (χ1v) is 6.04. The van der Waals surface area contributed by atoms with Gasteiger partial charge in [-0.3, -0.25) is 4.79 Å². The minimum Gasteiger partial charge on any atom is -0.384 e. The average molecular weight is 254 g/mol. The smallest absolute Gasteiger partial charge is 0.252 e. The molecule has 1 aromatic carbocycles. The molecule has 5 heteroatoms. The summed E-state index contributed by atoms with van der Waals surface area (Å²) in [5.74, 6) is 0.495. The van der Waals surface area contributed by atoms with Crippen LogP contribution in [-0.2, 0) is 0 Å². The fourth-order valence-corrected chi connectivity index (χ4v) is 2.42. The van der Waals surface area contributed by atoms with Crippen LogP contribution in [-0.4, -0.2) is 16.7 Å². The summed E-state index contributed by atoms with van der Waals surface area (Å²) >= 11 is 0.